The first-order chi connectivity index (χ1) is 8.62. The Kier molecular flexibility index (Phi) is 3.93. The highest BCUT2D eigenvalue weighted by Crippen LogP contribution is 2.26. The molecule has 94 valence electrons. The van der Waals surface area contributed by atoms with Crippen LogP contribution in [0.25, 0.3) is 0 Å². The quantitative estimate of drug-likeness (QED) is 0.642. The number of ether oxygens (including phenoxy) is 1. The second-order valence-corrected chi connectivity index (χ2v) is 4.25. The summed E-state index contributed by atoms with van der Waals surface area (Å²) in [6, 6.07) is 3.41. The van der Waals surface area contributed by atoms with Crippen LogP contribution in [0.4, 0.5) is 10.1 Å². The van der Waals surface area contributed by atoms with Gasteiger partial charge in [-0.15, -0.1) is 4.91 Å². The monoisotopic (exact) mass is 250 g/mol. The van der Waals surface area contributed by atoms with Crippen molar-refractivity contribution in [3.63, 3.8) is 0 Å². The van der Waals surface area contributed by atoms with E-state index in [9.17, 15) is 9.30 Å². The molecule has 1 N–H and O–H groups in total. The molecule has 2 atom stereocenters. The molecule has 0 amide bonds. The first-order valence-corrected chi connectivity index (χ1v) is 5.55. The first-order valence-electron chi connectivity index (χ1n) is 5.55. The molecule has 2 rings (SSSR count). The van der Waals surface area contributed by atoms with Crippen LogP contribution in [0.5, 0.6) is 5.75 Å². The van der Waals surface area contributed by atoms with Crippen molar-refractivity contribution in [2.45, 2.75) is 18.6 Å². The predicted molar refractivity (Wildman–Crippen MR) is 64.2 cm³/mol. The van der Waals surface area contributed by atoms with Gasteiger partial charge in [0.2, 0.25) is 0 Å². The molecule has 0 aromatic heterocycles. The second-order valence-electron chi connectivity index (χ2n) is 4.25. The number of hydrogen-bond acceptors (Lipinski definition) is 5. The van der Waals surface area contributed by atoms with E-state index in [1.165, 1.54) is 16.9 Å². The van der Waals surface area contributed by atoms with Gasteiger partial charge in [0.25, 0.3) is 0 Å². The van der Waals surface area contributed by atoms with Gasteiger partial charge in [0.15, 0.2) is 7.98 Å². The first kappa shape index (κ1) is 13.0. The van der Waals surface area contributed by atoms with Crippen LogP contribution >= 0.6 is 0 Å². The zero-order valence-electron chi connectivity index (χ0n) is 9.62. The van der Waals surface area contributed by atoms with E-state index in [1.54, 1.807) is 0 Å². The van der Waals surface area contributed by atoms with Crippen LogP contribution in [-0.2, 0) is 0 Å². The number of aliphatic hydroxyl groups is 1. The summed E-state index contributed by atoms with van der Waals surface area (Å²) in [5, 5.41) is 11.7. The van der Waals surface area contributed by atoms with E-state index in [1.807, 2.05) is 0 Å². The Balaban J connectivity index is 2.06. The molecular formula is C11H12BFN2O3. The van der Waals surface area contributed by atoms with E-state index < -0.39 is 5.82 Å². The molecule has 1 aliphatic heterocycles. The lowest BCUT2D eigenvalue weighted by atomic mass is 10.2. The molecule has 1 saturated heterocycles. The number of nitroso groups, excluding NO2 is 1. The van der Waals surface area contributed by atoms with Crippen molar-refractivity contribution >= 4 is 13.7 Å². The van der Waals surface area contributed by atoms with Gasteiger partial charge in [-0.25, -0.2) is 4.39 Å². The zero-order valence-corrected chi connectivity index (χ0v) is 9.62. The van der Waals surface area contributed by atoms with Gasteiger partial charge in [-0.05, 0) is 5.18 Å². The summed E-state index contributed by atoms with van der Waals surface area (Å²) >= 11 is 0. The fraction of sp³-hybridized carbons (Fsp3) is 0.455. The molecule has 1 heterocycles. The highest BCUT2D eigenvalue weighted by molar-refractivity contribution is 6.04. The Morgan fingerprint density at radius 3 is 2.94 bits per heavy atom. The maximum Gasteiger partial charge on any atom is 0.183 e. The van der Waals surface area contributed by atoms with Crippen LogP contribution in [0.3, 0.4) is 0 Å². The van der Waals surface area contributed by atoms with Crippen LogP contribution in [0.2, 0.25) is 0 Å². The number of halogens is 1. The Hall–Kier alpha value is -1.47. The summed E-state index contributed by atoms with van der Waals surface area (Å²) in [6.45, 7) is 0.381. The lowest BCUT2D eigenvalue weighted by Gasteiger charge is -2.15. The predicted octanol–water partition coefficient (Wildman–Crippen LogP) is 1.12. The lowest BCUT2D eigenvalue weighted by Crippen LogP contribution is -2.29. The van der Waals surface area contributed by atoms with Crippen LogP contribution in [0.1, 0.15) is 6.42 Å². The molecule has 2 radical (unpaired) electrons. The molecule has 1 aliphatic rings. The molecule has 0 saturated carbocycles. The minimum absolute atomic E-state index is 0.0219. The van der Waals surface area contributed by atoms with Gasteiger partial charge < -0.3 is 14.7 Å². The fourth-order valence-corrected chi connectivity index (χ4v) is 2.02. The Morgan fingerprint density at radius 2 is 2.33 bits per heavy atom. The maximum atomic E-state index is 13.2. The fourth-order valence-electron chi connectivity index (χ4n) is 2.02. The minimum atomic E-state index is -0.580. The van der Waals surface area contributed by atoms with E-state index >= 15 is 0 Å². The Labute approximate surface area is 105 Å². The smallest absolute Gasteiger partial charge is 0.183 e. The summed E-state index contributed by atoms with van der Waals surface area (Å²) in [6.07, 6.45) is 0.307. The van der Waals surface area contributed by atoms with E-state index in [0.717, 1.165) is 6.07 Å². The third-order valence-corrected chi connectivity index (χ3v) is 2.89. The molecule has 1 aromatic rings. The number of rotatable bonds is 4. The standard InChI is InChI=1S/C11H12BFN2O3/c12-15-5-11(4-9(15)6-16)18-10-2-7(13)1-8(3-10)14-17/h1-3,9,11,16H,4-6H2/t9-,11+/m0/s1. The third-order valence-electron chi connectivity index (χ3n) is 2.89. The molecule has 18 heavy (non-hydrogen) atoms. The highest BCUT2D eigenvalue weighted by Gasteiger charge is 2.29. The molecule has 0 aliphatic carbocycles. The maximum absolute atomic E-state index is 13.2. The molecule has 0 spiro atoms. The summed E-state index contributed by atoms with van der Waals surface area (Å²) in [7, 11) is 5.67. The Bertz CT molecular complexity index is 446. The zero-order chi connectivity index (χ0) is 13.1. The van der Waals surface area contributed by atoms with Crippen LogP contribution in [0.15, 0.2) is 23.4 Å². The van der Waals surface area contributed by atoms with Gasteiger partial charge >= 0.3 is 0 Å². The SMILES string of the molecule is [B]N1C[C@H](Oc2cc(F)cc(N=O)c2)C[C@H]1CO. The third kappa shape index (κ3) is 2.86. The largest absolute Gasteiger partial charge is 0.489 e. The van der Waals surface area contributed by atoms with Crippen LogP contribution in [0, 0.1) is 10.7 Å². The van der Waals surface area contributed by atoms with Crippen LogP contribution < -0.4 is 4.74 Å². The van der Waals surface area contributed by atoms with Crippen LogP contribution in [-0.4, -0.2) is 43.2 Å². The summed E-state index contributed by atoms with van der Waals surface area (Å²) in [4.78, 5) is 11.9. The van der Waals surface area contributed by atoms with Gasteiger partial charge in [0.1, 0.15) is 23.4 Å². The number of aliphatic hydroxyl groups excluding tert-OH is 1. The van der Waals surface area contributed by atoms with Gasteiger partial charge in [-0.2, -0.15) is 0 Å². The highest BCUT2D eigenvalue weighted by atomic mass is 19.1. The van der Waals surface area contributed by atoms with Gasteiger partial charge in [-0.3, -0.25) is 0 Å². The van der Waals surface area contributed by atoms with E-state index in [0.29, 0.717) is 13.0 Å². The minimum Gasteiger partial charge on any atom is -0.489 e. The normalized spacial score (nSPS) is 24.1. The number of benzene rings is 1. The summed E-state index contributed by atoms with van der Waals surface area (Å²) in [5.41, 5.74) is -0.0219. The van der Waals surface area contributed by atoms with E-state index in [2.05, 4.69) is 5.18 Å². The average molecular weight is 250 g/mol. The van der Waals surface area contributed by atoms with Crippen molar-refractivity contribution < 1.29 is 14.2 Å². The lowest BCUT2D eigenvalue weighted by molar-refractivity contribution is 0.204. The van der Waals surface area contributed by atoms with Crippen molar-refractivity contribution in [1.82, 2.24) is 4.81 Å². The van der Waals surface area contributed by atoms with Crippen molar-refractivity contribution in [2.75, 3.05) is 13.2 Å². The number of hydrogen-bond donors (Lipinski definition) is 1. The molecule has 0 unspecified atom stereocenters. The summed E-state index contributed by atoms with van der Waals surface area (Å²) in [5.74, 6) is -0.343. The van der Waals surface area contributed by atoms with Crippen molar-refractivity contribution in [2.24, 2.45) is 5.18 Å². The second kappa shape index (κ2) is 5.45. The summed E-state index contributed by atoms with van der Waals surface area (Å²) < 4.78 is 18.7. The molecular weight excluding hydrogens is 238 g/mol. The molecule has 1 aromatic carbocycles. The van der Waals surface area contributed by atoms with Crippen molar-refractivity contribution in [3.8, 4) is 5.75 Å². The van der Waals surface area contributed by atoms with Gasteiger partial charge in [-0.1, -0.05) is 0 Å². The average Bonchev–Trinajstić information content (AvgIpc) is 2.68. The topological polar surface area (TPSA) is 62.1 Å². The molecule has 0 bridgehead atoms. The van der Waals surface area contributed by atoms with Crippen molar-refractivity contribution in [3.05, 3.63) is 28.9 Å². The molecule has 5 nitrogen and oxygen atoms in total. The molecule has 1 fully saturated rings. The van der Waals surface area contributed by atoms with Gasteiger partial charge in [0, 0.05) is 37.2 Å². The molecule has 7 heteroatoms. The number of nitrogens with zero attached hydrogens (tertiary/aromatic N) is 2. The van der Waals surface area contributed by atoms with Crippen molar-refractivity contribution in [1.29, 1.82) is 0 Å². The van der Waals surface area contributed by atoms with E-state index in [4.69, 9.17) is 17.8 Å². The Morgan fingerprint density at radius 1 is 1.56 bits per heavy atom. The van der Waals surface area contributed by atoms with Gasteiger partial charge in [0.05, 0.1) is 6.61 Å². The van der Waals surface area contributed by atoms with E-state index in [-0.39, 0.29) is 30.2 Å².